The molecule has 1 aromatic carbocycles. The lowest BCUT2D eigenvalue weighted by molar-refractivity contribution is -0.133. The number of carbonyl (C=O) groups is 1. The maximum Gasteiger partial charge on any atom is 0.334 e. The summed E-state index contributed by atoms with van der Waals surface area (Å²) in [6, 6.07) is 7.69. The number of hydrogen-bond donors (Lipinski definition) is 2. The molecule has 0 spiro atoms. The molecule has 0 fully saturated rings. The number of nitrogens with one attached hydrogen (secondary N) is 1. The number of carboxylic acids is 1. The predicted octanol–water partition coefficient (Wildman–Crippen LogP) is 2.65. The lowest BCUT2D eigenvalue weighted by Gasteiger charge is -2.29. The van der Waals surface area contributed by atoms with Crippen molar-refractivity contribution in [2.75, 3.05) is 6.26 Å². The third kappa shape index (κ3) is 2.93. The Bertz CT molecular complexity index is 635. The van der Waals surface area contributed by atoms with E-state index in [1.807, 2.05) is 38.1 Å². The van der Waals surface area contributed by atoms with Gasteiger partial charge in [-0.2, -0.15) is 0 Å². The standard InChI is InChI=1S/C16H19NO3S/c1-9-5-7-12(8-6-9)14-13(16(18)19)10(2)17-11(3)15(14)21(4)20/h5-8,14,17H,1-4H3,(H,18,19). The van der Waals surface area contributed by atoms with E-state index in [2.05, 4.69) is 5.32 Å². The van der Waals surface area contributed by atoms with Gasteiger partial charge in [0.1, 0.15) is 0 Å². The summed E-state index contributed by atoms with van der Waals surface area (Å²) in [5.41, 5.74) is 3.58. The Balaban J connectivity index is 2.67. The zero-order chi connectivity index (χ0) is 15.7. The number of benzene rings is 1. The molecule has 0 bridgehead atoms. The minimum atomic E-state index is -1.25. The maximum atomic E-state index is 12.1. The second kappa shape index (κ2) is 5.85. The summed E-state index contributed by atoms with van der Waals surface area (Å²) in [7, 11) is -1.25. The zero-order valence-electron chi connectivity index (χ0n) is 12.6. The molecule has 1 aliphatic heterocycles. The second-order valence-electron chi connectivity index (χ2n) is 5.26. The average Bonchev–Trinajstić information content (AvgIpc) is 2.37. The van der Waals surface area contributed by atoms with Gasteiger partial charge in [0.15, 0.2) is 0 Å². The highest BCUT2D eigenvalue weighted by Crippen LogP contribution is 2.39. The van der Waals surface area contributed by atoms with Crippen molar-refractivity contribution in [3.63, 3.8) is 0 Å². The first-order valence-electron chi connectivity index (χ1n) is 6.64. The first-order valence-corrected chi connectivity index (χ1v) is 8.20. The summed E-state index contributed by atoms with van der Waals surface area (Å²) in [6.45, 7) is 5.55. The summed E-state index contributed by atoms with van der Waals surface area (Å²) in [5, 5.41) is 12.6. The van der Waals surface area contributed by atoms with Gasteiger partial charge in [0.05, 0.1) is 11.5 Å². The maximum absolute atomic E-state index is 12.1. The molecule has 0 aromatic heterocycles. The quantitative estimate of drug-likeness (QED) is 0.901. The fourth-order valence-electron chi connectivity index (χ4n) is 2.72. The molecular formula is C16H19NO3S. The first kappa shape index (κ1) is 15.5. The van der Waals surface area contributed by atoms with E-state index < -0.39 is 22.7 Å². The van der Waals surface area contributed by atoms with Crippen molar-refractivity contribution >= 4 is 16.8 Å². The average molecular weight is 305 g/mol. The topological polar surface area (TPSA) is 66.4 Å². The van der Waals surface area contributed by atoms with Crippen molar-refractivity contribution in [3.8, 4) is 0 Å². The van der Waals surface area contributed by atoms with E-state index in [0.717, 1.165) is 16.8 Å². The molecule has 2 N–H and O–H groups in total. The Morgan fingerprint density at radius 1 is 1.14 bits per heavy atom. The summed E-state index contributed by atoms with van der Waals surface area (Å²) in [4.78, 5) is 12.3. The minimum absolute atomic E-state index is 0.259. The van der Waals surface area contributed by atoms with Gasteiger partial charge in [-0.15, -0.1) is 0 Å². The molecule has 4 nitrogen and oxygen atoms in total. The van der Waals surface area contributed by atoms with Crippen LogP contribution in [0.3, 0.4) is 0 Å². The van der Waals surface area contributed by atoms with E-state index in [9.17, 15) is 14.1 Å². The molecule has 0 amide bonds. The van der Waals surface area contributed by atoms with Gasteiger partial charge in [0.25, 0.3) is 0 Å². The smallest absolute Gasteiger partial charge is 0.334 e. The lowest BCUT2D eigenvalue weighted by atomic mass is 9.86. The van der Waals surface area contributed by atoms with Crippen LogP contribution < -0.4 is 5.32 Å². The van der Waals surface area contributed by atoms with E-state index in [-0.39, 0.29) is 5.57 Å². The molecule has 1 heterocycles. The van der Waals surface area contributed by atoms with Crippen LogP contribution in [-0.4, -0.2) is 21.5 Å². The molecular weight excluding hydrogens is 286 g/mol. The minimum Gasteiger partial charge on any atom is -0.478 e. The fourth-order valence-corrected chi connectivity index (χ4v) is 3.78. The van der Waals surface area contributed by atoms with Crippen LogP contribution >= 0.6 is 0 Å². The van der Waals surface area contributed by atoms with E-state index in [1.165, 1.54) is 0 Å². The Hall–Kier alpha value is -1.88. The van der Waals surface area contributed by atoms with Gasteiger partial charge >= 0.3 is 5.97 Å². The van der Waals surface area contributed by atoms with Gasteiger partial charge in [-0.05, 0) is 26.3 Å². The van der Waals surface area contributed by atoms with Gasteiger partial charge < -0.3 is 10.4 Å². The van der Waals surface area contributed by atoms with Gasteiger partial charge in [0.2, 0.25) is 0 Å². The van der Waals surface area contributed by atoms with Gasteiger partial charge in [0, 0.05) is 33.4 Å². The highest BCUT2D eigenvalue weighted by Gasteiger charge is 2.34. The molecule has 112 valence electrons. The Morgan fingerprint density at radius 3 is 2.19 bits per heavy atom. The van der Waals surface area contributed by atoms with Crippen molar-refractivity contribution in [2.24, 2.45) is 0 Å². The number of aryl methyl sites for hydroxylation is 1. The summed E-state index contributed by atoms with van der Waals surface area (Å²) < 4.78 is 12.1. The van der Waals surface area contributed by atoms with Gasteiger partial charge in [-0.25, -0.2) is 4.79 Å². The van der Waals surface area contributed by atoms with Crippen LogP contribution in [0.25, 0.3) is 0 Å². The third-order valence-electron chi connectivity index (χ3n) is 3.65. The number of hydrogen-bond acceptors (Lipinski definition) is 3. The van der Waals surface area contributed by atoms with E-state index in [4.69, 9.17) is 0 Å². The number of allylic oxidation sites excluding steroid dienone is 3. The third-order valence-corrected chi connectivity index (χ3v) is 4.81. The van der Waals surface area contributed by atoms with Crippen molar-refractivity contribution in [2.45, 2.75) is 26.7 Å². The first-order chi connectivity index (χ1) is 9.82. The van der Waals surface area contributed by atoms with Crippen LogP contribution in [-0.2, 0) is 15.6 Å². The normalized spacial score (nSPS) is 20.3. The molecule has 2 unspecified atom stereocenters. The molecule has 0 saturated heterocycles. The van der Waals surface area contributed by atoms with Crippen molar-refractivity contribution in [1.82, 2.24) is 5.32 Å². The molecule has 0 aliphatic carbocycles. The van der Waals surface area contributed by atoms with Crippen LogP contribution in [0.1, 0.15) is 30.9 Å². The summed E-state index contributed by atoms with van der Waals surface area (Å²) in [5.74, 6) is -1.46. The largest absolute Gasteiger partial charge is 0.478 e. The van der Waals surface area contributed by atoms with Crippen molar-refractivity contribution in [1.29, 1.82) is 0 Å². The second-order valence-corrected chi connectivity index (χ2v) is 6.60. The predicted molar refractivity (Wildman–Crippen MR) is 84.2 cm³/mol. The van der Waals surface area contributed by atoms with Crippen LogP contribution in [0, 0.1) is 6.92 Å². The molecule has 2 rings (SSSR count). The molecule has 2 atom stereocenters. The van der Waals surface area contributed by atoms with Gasteiger partial charge in [-0.1, -0.05) is 29.8 Å². The van der Waals surface area contributed by atoms with E-state index in [0.29, 0.717) is 10.6 Å². The molecule has 21 heavy (non-hydrogen) atoms. The van der Waals surface area contributed by atoms with E-state index in [1.54, 1.807) is 13.2 Å². The van der Waals surface area contributed by atoms with Crippen molar-refractivity contribution < 1.29 is 14.1 Å². The van der Waals surface area contributed by atoms with Crippen LogP contribution in [0.15, 0.2) is 46.1 Å². The molecule has 5 heteroatoms. The van der Waals surface area contributed by atoms with Crippen LogP contribution in [0.5, 0.6) is 0 Å². The number of dihydropyridines is 1. The number of aliphatic carboxylic acids is 1. The summed E-state index contributed by atoms with van der Waals surface area (Å²) in [6.07, 6.45) is 1.59. The molecule has 0 saturated carbocycles. The highest BCUT2D eigenvalue weighted by atomic mass is 32.2. The number of rotatable bonds is 3. The molecule has 0 radical (unpaired) electrons. The Morgan fingerprint density at radius 2 is 1.71 bits per heavy atom. The monoisotopic (exact) mass is 305 g/mol. The SMILES string of the molecule is CC1=C(C(=O)O)C(c2ccc(C)cc2)C(S(C)=O)=C(C)N1. The van der Waals surface area contributed by atoms with E-state index >= 15 is 0 Å². The van der Waals surface area contributed by atoms with Gasteiger partial charge in [-0.3, -0.25) is 4.21 Å². The summed E-state index contributed by atoms with van der Waals surface area (Å²) >= 11 is 0. The molecule has 1 aliphatic rings. The Labute approximate surface area is 127 Å². The lowest BCUT2D eigenvalue weighted by Crippen LogP contribution is -2.29. The Kier molecular flexibility index (Phi) is 4.32. The molecule has 1 aromatic rings. The zero-order valence-corrected chi connectivity index (χ0v) is 13.4. The fraction of sp³-hybridized carbons (Fsp3) is 0.312. The van der Waals surface area contributed by atoms with Crippen molar-refractivity contribution in [3.05, 3.63) is 57.3 Å². The highest BCUT2D eigenvalue weighted by molar-refractivity contribution is 7.88. The van der Waals surface area contributed by atoms with Crippen LogP contribution in [0.4, 0.5) is 0 Å². The number of carboxylic acid groups (broad SMARTS) is 1. The van der Waals surface area contributed by atoms with Crippen LogP contribution in [0.2, 0.25) is 0 Å².